The molecule has 14 heteroatoms. The van der Waals surface area contributed by atoms with Crippen LogP contribution in [-0.2, 0) is 29.2 Å². The fourth-order valence-electron chi connectivity index (χ4n) is 0.148. The zero-order valence-electron chi connectivity index (χ0n) is 13.7. The summed E-state index contributed by atoms with van der Waals surface area (Å²) in [5.41, 5.74) is 0. The van der Waals surface area contributed by atoms with Gasteiger partial charge in [-0.3, -0.25) is 4.89 Å². The Balaban J connectivity index is -0.00000000637. The molecule has 0 saturated carbocycles. The van der Waals surface area contributed by atoms with Gasteiger partial charge in [-0.1, -0.05) is 101 Å². The molecule has 0 rings (SSSR count). The molecule has 0 bridgehead atoms. The predicted octanol–water partition coefficient (Wildman–Crippen LogP) is 5.37. The quantitative estimate of drug-likeness (QED) is 0.218. The van der Waals surface area contributed by atoms with Gasteiger partial charge in [-0.15, -0.1) is 0 Å². The van der Waals surface area contributed by atoms with Crippen LogP contribution in [0.25, 0.3) is 0 Å². The second-order valence-electron chi connectivity index (χ2n) is 1.01. The molecule has 0 amide bonds. The Hall–Kier alpha value is 0.551. The van der Waals surface area contributed by atoms with Crippen molar-refractivity contribution in [2.75, 3.05) is 0 Å². The van der Waals surface area contributed by atoms with Crippen molar-refractivity contribution in [1.82, 2.24) is 0 Å². The van der Waals surface area contributed by atoms with Gasteiger partial charge in [0.15, 0.2) is 0 Å². The molecule has 0 aliphatic heterocycles. The van der Waals surface area contributed by atoms with Crippen LogP contribution >= 0.6 is 0 Å². The van der Waals surface area contributed by atoms with E-state index in [1.54, 1.807) is 0 Å². The van der Waals surface area contributed by atoms with E-state index in [2.05, 4.69) is 24.4 Å². The van der Waals surface area contributed by atoms with Gasteiger partial charge in [0.05, 0.1) is 0 Å². The van der Waals surface area contributed by atoms with Gasteiger partial charge in [0.2, 0.25) is 0 Å². The SMILES string of the molecule is C.C.C.C.C.C.C.C.CC.CC.CC.O.O.O.O=[C-]OOC(=O)OOC(=O)OO.[Nd].[Nd]. The van der Waals surface area contributed by atoms with Crippen molar-refractivity contribution < 1.29 is 142 Å². The molecule has 0 heterocycles. The summed E-state index contributed by atoms with van der Waals surface area (Å²) in [5, 5.41) is 7.52. The van der Waals surface area contributed by atoms with E-state index in [1.165, 1.54) is 0 Å². The minimum atomic E-state index is -1.71. The zero-order valence-corrected chi connectivity index (χ0v) is 20.1. The Morgan fingerprint density at radius 1 is 0.581 bits per heavy atom. The van der Waals surface area contributed by atoms with Crippen molar-refractivity contribution in [1.29, 1.82) is 0 Å². The molecule has 0 aliphatic carbocycles. The molecule has 0 aliphatic rings. The third-order valence-electron chi connectivity index (χ3n) is 0.396. The third-order valence-corrected chi connectivity index (χ3v) is 0.396. The molecule has 0 saturated heterocycles. The van der Waals surface area contributed by atoms with Crippen LogP contribution in [0.5, 0.6) is 0 Å². The first kappa shape index (κ1) is 139. The van der Waals surface area contributed by atoms with Gasteiger partial charge in [-0.25, -0.2) is 4.89 Å². The van der Waals surface area contributed by atoms with Crippen molar-refractivity contribution in [2.24, 2.45) is 0 Å². The van der Waals surface area contributed by atoms with Crippen molar-refractivity contribution in [3.8, 4) is 0 Å². The number of hydrogen-bond donors (Lipinski definition) is 1. The average Bonchev–Trinajstić information content (AvgIpc) is 2.48. The second kappa shape index (κ2) is 169. The maximum Gasteiger partial charge on any atom is 0.589 e. The van der Waals surface area contributed by atoms with Crippen molar-refractivity contribution in [2.45, 2.75) is 101 Å². The van der Waals surface area contributed by atoms with E-state index in [0.29, 0.717) is 6.47 Å². The van der Waals surface area contributed by atoms with Crippen LogP contribution in [0.1, 0.15) is 101 Å². The Kier molecular flexibility index (Phi) is 760. The van der Waals surface area contributed by atoms with Crippen LogP contribution in [0.15, 0.2) is 0 Å². The van der Waals surface area contributed by atoms with Crippen LogP contribution < -0.4 is 0 Å². The van der Waals surface area contributed by atoms with Crippen LogP contribution in [0.3, 0.4) is 0 Å². The zero-order chi connectivity index (χ0) is 15.4. The van der Waals surface area contributed by atoms with Crippen molar-refractivity contribution >= 4 is 18.8 Å². The van der Waals surface area contributed by atoms with Crippen molar-refractivity contribution in [3.05, 3.63) is 0 Å². The fraction of sp³-hybridized carbons (Fsp3) is 0.824. The van der Waals surface area contributed by atoms with Crippen LogP contribution in [-0.4, -0.2) is 40.5 Å². The normalized spacial score (nSPS) is 3.58. The maximum absolute atomic E-state index is 10.1. The first-order valence-electron chi connectivity index (χ1n) is 5.15. The number of hydrogen-bond acceptors (Lipinski definition) is 9. The maximum atomic E-state index is 10.1. The molecule has 0 fully saturated rings. The van der Waals surface area contributed by atoms with E-state index in [0.717, 1.165) is 0 Å². The number of carbonyl (C=O) groups is 2. The number of carbonyl (C=O) groups excluding carboxylic acids is 3. The van der Waals surface area contributed by atoms with Gasteiger partial charge in [-0.2, -0.15) is 24.6 Å². The van der Waals surface area contributed by atoms with Crippen LogP contribution in [0.4, 0.5) is 9.59 Å². The van der Waals surface area contributed by atoms with Crippen LogP contribution in [0.2, 0.25) is 0 Å². The molecule has 0 aromatic heterocycles. The van der Waals surface area contributed by atoms with Gasteiger partial charge >= 0.3 is 12.3 Å². The second-order valence-corrected chi connectivity index (χ2v) is 1.01. The molecular formula is C17H57Nd2O12-. The van der Waals surface area contributed by atoms with Gasteiger partial charge in [0.25, 0.3) is 0 Å². The van der Waals surface area contributed by atoms with E-state index in [4.69, 9.17) is 5.26 Å². The summed E-state index contributed by atoms with van der Waals surface area (Å²) in [5.74, 6) is 0. The fourth-order valence-corrected chi connectivity index (χ4v) is 0.148. The summed E-state index contributed by atoms with van der Waals surface area (Å²) in [6.45, 7) is 12.7. The molecule has 31 heavy (non-hydrogen) atoms. The minimum Gasteiger partial charge on any atom is -0.494 e. The van der Waals surface area contributed by atoms with E-state index in [9.17, 15) is 14.4 Å². The summed E-state index contributed by atoms with van der Waals surface area (Å²) < 4.78 is 0. The van der Waals surface area contributed by atoms with E-state index < -0.39 is 12.3 Å². The summed E-state index contributed by atoms with van der Waals surface area (Å²) in [7, 11) is 0. The molecular weight excluding hydrogens is 685 g/mol. The van der Waals surface area contributed by atoms with Crippen molar-refractivity contribution in [3.63, 3.8) is 0 Å². The predicted molar refractivity (Wildman–Crippen MR) is 123 cm³/mol. The topological polar surface area (TPSA) is 212 Å². The molecule has 0 radical (unpaired) electrons. The first-order chi connectivity index (χ1) is 8.70. The molecule has 0 atom stereocenters. The monoisotopic (exact) mass is 737 g/mol. The Morgan fingerprint density at radius 3 is 1.00 bits per heavy atom. The smallest absolute Gasteiger partial charge is 0.494 e. The summed E-state index contributed by atoms with van der Waals surface area (Å²) in [4.78, 5) is 45.5. The minimum absolute atomic E-state index is 0. The molecule has 206 valence electrons. The summed E-state index contributed by atoms with van der Waals surface area (Å²) in [6.07, 6.45) is -3.37. The van der Waals surface area contributed by atoms with Gasteiger partial charge < -0.3 is 26.1 Å². The molecule has 0 spiro atoms. The van der Waals surface area contributed by atoms with Gasteiger partial charge in [-0.05, 0) is 6.47 Å². The Bertz CT molecular complexity index is 202. The largest absolute Gasteiger partial charge is 0.589 e. The molecule has 0 aromatic carbocycles. The molecule has 0 aromatic rings. The number of rotatable bonds is 2. The Morgan fingerprint density at radius 2 is 0.806 bits per heavy atom. The van der Waals surface area contributed by atoms with Gasteiger partial charge in [0, 0.05) is 81.7 Å². The van der Waals surface area contributed by atoms with Crippen LogP contribution in [0, 0.1) is 81.7 Å². The summed E-state index contributed by atoms with van der Waals surface area (Å²) in [6, 6.07) is 0. The summed E-state index contributed by atoms with van der Waals surface area (Å²) >= 11 is 0. The standard InChI is InChI=1S/C3HO9.3C2H6.8CH4.2Nd.3H2O/c4-1-8-10-3(6)12-11-2(5)9-7;3*1-2;;;;;;;;;;;;;/h7H;3*1-2H3;8*1H4;;;3*1H2/q-1;;;;;;;;;;;;;;;;. The Labute approximate surface area is 259 Å². The third kappa shape index (κ3) is 187. The van der Waals surface area contributed by atoms with E-state index >= 15 is 0 Å². The molecule has 0 unspecified atom stereocenters. The van der Waals surface area contributed by atoms with E-state index in [1.807, 2.05) is 41.5 Å². The molecule has 7 N–H and O–H groups in total. The van der Waals surface area contributed by atoms with E-state index in [-0.39, 0.29) is 158 Å². The average molecular weight is 742 g/mol. The first-order valence-corrected chi connectivity index (χ1v) is 5.15. The van der Waals surface area contributed by atoms with Gasteiger partial charge in [0.1, 0.15) is 0 Å². The molecule has 12 nitrogen and oxygen atoms in total.